The van der Waals surface area contributed by atoms with Crippen LogP contribution in [0.4, 0.5) is 4.79 Å². The maximum atomic E-state index is 12.1. The summed E-state index contributed by atoms with van der Waals surface area (Å²) < 4.78 is 5.32. The van der Waals surface area contributed by atoms with Crippen LogP contribution in [0.1, 0.15) is 42.4 Å². The van der Waals surface area contributed by atoms with Gasteiger partial charge < -0.3 is 10.1 Å². The number of benzene rings is 1. The van der Waals surface area contributed by atoms with E-state index in [1.54, 1.807) is 5.51 Å². The number of nitrogens with one attached hydrogen (secondary N) is 1. The van der Waals surface area contributed by atoms with E-state index in [4.69, 9.17) is 4.74 Å². The van der Waals surface area contributed by atoms with E-state index in [0.717, 1.165) is 22.6 Å². The summed E-state index contributed by atoms with van der Waals surface area (Å²) in [6.45, 7) is 5.82. The lowest BCUT2D eigenvalue weighted by atomic mass is 10.0. The van der Waals surface area contributed by atoms with Gasteiger partial charge in [0.25, 0.3) is 0 Å². The molecule has 0 spiro atoms. The van der Waals surface area contributed by atoms with Gasteiger partial charge >= 0.3 is 6.09 Å². The molecule has 2 aromatic rings. The molecule has 0 aliphatic rings. The molecule has 1 aromatic heterocycles. The Labute approximate surface area is 129 Å². The number of amides is 1. The highest BCUT2D eigenvalue weighted by Crippen LogP contribution is 2.28. The van der Waals surface area contributed by atoms with Gasteiger partial charge in [-0.15, -0.1) is 11.3 Å². The molecule has 1 heterocycles. The Morgan fingerprint density at radius 3 is 2.67 bits per heavy atom. The van der Waals surface area contributed by atoms with E-state index in [1.807, 2.05) is 51.1 Å². The minimum absolute atomic E-state index is 0.0935. The highest BCUT2D eigenvalue weighted by atomic mass is 32.1. The van der Waals surface area contributed by atoms with Crippen molar-refractivity contribution in [2.75, 3.05) is 0 Å². The highest BCUT2D eigenvalue weighted by Gasteiger charge is 2.21. The van der Waals surface area contributed by atoms with Gasteiger partial charge in [0.1, 0.15) is 6.10 Å². The molecule has 1 aromatic carbocycles. The molecular weight excluding hydrogens is 284 g/mol. The second-order valence-electron chi connectivity index (χ2n) is 4.91. The van der Waals surface area contributed by atoms with Crippen molar-refractivity contribution < 1.29 is 9.53 Å². The van der Waals surface area contributed by atoms with E-state index >= 15 is 0 Å². The third kappa shape index (κ3) is 4.04. The Balaban J connectivity index is 2.22. The molecule has 5 heteroatoms. The molecule has 112 valence electrons. The summed E-state index contributed by atoms with van der Waals surface area (Å²) in [6, 6.07) is 9.63. The minimum atomic E-state index is -0.397. The van der Waals surface area contributed by atoms with Crippen LogP contribution < -0.4 is 5.32 Å². The summed E-state index contributed by atoms with van der Waals surface area (Å²) >= 11 is 1.54. The lowest BCUT2D eigenvalue weighted by molar-refractivity contribution is 0.103. The third-order valence-corrected chi connectivity index (χ3v) is 4.32. The van der Waals surface area contributed by atoms with Gasteiger partial charge in [-0.3, -0.25) is 0 Å². The van der Waals surface area contributed by atoms with Crippen LogP contribution in [0.25, 0.3) is 0 Å². The molecule has 2 rings (SSSR count). The van der Waals surface area contributed by atoms with Crippen molar-refractivity contribution in [3.8, 4) is 0 Å². The first-order valence-corrected chi connectivity index (χ1v) is 7.91. The number of hydrogen-bond donors (Lipinski definition) is 1. The van der Waals surface area contributed by atoms with Crippen LogP contribution in [0.2, 0.25) is 0 Å². The molecule has 21 heavy (non-hydrogen) atoms. The quantitative estimate of drug-likeness (QED) is 0.906. The fourth-order valence-electron chi connectivity index (χ4n) is 1.95. The van der Waals surface area contributed by atoms with Crippen molar-refractivity contribution in [1.82, 2.24) is 10.3 Å². The molecule has 0 fully saturated rings. The van der Waals surface area contributed by atoms with Crippen LogP contribution in [-0.4, -0.2) is 17.2 Å². The van der Waals surface area contributed by atoms with Gasteiger partial charge in [0.15, 0.2) is 0 Å². The lowest BCUT2D eigenvalue weighted by Gasteiger charge is -2.20. The number of aryl methyl sites for hydroxylation is 1. The summed E-state index contributed by atoms with van der Waals surface area (Å²) in [5.41, 5.74) is 3.74. The molecule has 0 bridgehead atoms. The zero-order valence-corrected chi connectivity index (χ0v) is 13.3. The van der Waals surface area contributed by atoms with E-state index < -0.39 is 6.09 Å². The predicted molar refractivity (Wildman–Crippen MR) is 84.5 cm³/mol. The number of thiazole rings is 1. The first kappa shape index (κ1) is 15.5. The molecule has 0 unspecified atom stereocenters. The van der Waals surface area contributed by atoms with Crippen molar-refractivity contribution in [2.45, 2.75) is 39.3 Å². The fourth-order valence-corrected chi connectivity index (χ4v) is 2.83. The molecule has 1 amide bonds. The van der Waals surface area contributed by atoms with Crippen molar-refractivity contribution >= 4 is 17.4 Å². The Bertz CT molecular complexity index is 583. The van der Waals surface area contributed by atoms with E-state index in [0.29, 0.717) is 0 Å². The van der Waals surface area contributed by atoms with Crippen LogP contribution in [0.15, 0.2) is 35.8 Å². The Morgan fingerprint density at radius 2 is 2.10 bits per heavy atom. The molecular formula is C16H20N2O2S. The third-order valence-electron chi connectivity index (χ3n) is 3.32. The van der Waals surface area contributed by atoms with Crippen LogP contribution >= 0.6 is 11.3 Å². The maximum Gasteiger partial charge on any atom is 0.408 e. The minimum Gasteiger partial charge on any atom is -0.447 e. The molecule has 4 nitrogen and oxygen atoms in total. The summed E-state index contributed by atoms with van der Waals surface area (Å²) in [7, 11) is 0. The van der Waals surface area contributed by atoms with Crippen molar-refractivity contribution in [3.05, 3.63) is 52.0 Å². The monoisotopic (exact) mass is 304 g/mol. The van der Waals surface area contributed by atoms with E-state index in [9.17, 15) is 4.79 Å². The summed E-state index contributed by atoms with van der Waals surface area (Å²) in [6.07, 6.45) is 0.304. The van der Waals surface area contributed by atoms with Gasteiger partial charge in [-0.25, -0.2) is 9.78 Å². The van der Waals surface area contributed by atoms with E-state index in [2.05, 4.69) is 10.3 Å². The van der Waals surface area contributed by atoms with Crippen LogP contribution in [0.3, 0.4) is 0 Å². The molecule has 0 saturated carbocycles. The first-order chi connectivity index (χ1) is 10.1. The van der Waals surface area contributed by atoms with Gasteiger partial charge in [-0.2, -0.15) is 0 Å². The van der Waals surface area contributed by atoms with Crippen molar-refractivity contribution in [2.24, 2.45) is 0 Å². The van der Waals surface area contributed by atoms with Crippen molar-refractivity contribution in [1.29, 1.82) is 0 Å². The topological polar surface area (TPSA) is 51.2 Å². The molecule has 0 aliphatic heterocycles. The first-order valence-electron chi connectivity index (χ1n) is 7.03. The Kier molecular flexibility index (Phi) is 5.33. The SMILES string of the molecule is CC[C@H](C)OC(=O)N[C@H](c1ccccc1)c1scnc1C. The zero-order valence-electron chi connectivity index (χ0n) is 12.5. The maximum absolute atomic E-state index is 12.1. The fraction of sp³-hybridized carbons (Fsp3) is 0.375. The molecule has 1 N–H and O–H groups in total. The number of aromatic nitrogens is 1. The second-order valence-corrected chi connectivity index (χ2v) is 5.80. The smallest absolute Gasteiger partial charge is 0.408 e. The zero-order chi connectivity index (χ0) is 15.2. The lowest BCUT2D eigenvalue weighted by Crippen LogP contribution is -2.32. The van der Waals surface area contributed by atoms with E-state index in [1.165, 1.54) is 11.3 Å². The van der Waals surface area contributed by atoms with Gasteiger partial charge in [-0.05, 0) is 25.8 Å². The summed E-state index contributed by atoms with van der Waals surface area (Å²) in [5, 5.41) is 2.95. The number of carbonyl (C=O) groups is 1. The van der Waals surface area contributed by atoms with Gasteiger partial charge in [0.05, 0.1) is 22.1 Å². The average molecular weight is 304 g/mol. The van der Waals surface area contributed by atoms with Crippen LogP contribution in [0.5, 0.6) is 0 Å². The normalized spacial score (nSPS) is 13.5. The predicted octanol–water partition coefficient (Wildman–Crippen LogP) is 4.07. The number of carbonyl (C=O) groups excluding carboxylic acids is 1. The highest BCUT2D eigenvalue weighted by molar-refractivity contribution is 7.09. The molecule has 0 saturated heterocycles. The van der Waals surface area contributed by atoms with Crippen molar-refractivity contribution in [3.63, 3.8) is 0 Å². The second kappa shape index (κ2) is 7.22. The number of alkyl carbamates (subject to hydrolysis) is 1. The standard InChI is InChI=1S/C16H20N2O2S/c1-4-11(2)20-16(19)18-14(13-8-6-5-7-9-13)15-12(3)17-10-21-15/h5-11,14H,4H2,1-3H3,(H,18,19)/t11-,14+/m0/s1. The van der Waals surface area contributed by atoms with E-state index in [-0.39, 0.29) is 12.1 Å². The van der Waals surface area contributed by atoms with Crippen LogP contribution in [-0.2, 0) is 4.74 Å². The largest absolute Gasteiger partial charge is 0.447 e. The Hall–Kier alpha value is -1.88. The van der Waals surface area contributed by atoms with Gasteiger partial charge in [0.2, 0.25) is 0 Å². The van der Waals surface area contributed by atoms with Gasteiger partial charge in [0, 0.05) is 0 Å². The van der Waals surface area contributed by atoms with Crippen LogP contribution in [0, 0.1) is 6.92 Å². The molecule has 0 radical (unpaired) electrons. The Morgan fingerprint density at radius 1 is 1.38 bits per heavy atom. The average Bonchev–Trinajstić information content (AvgIpc) is 2.91. The molecule has 2 atom stereocenters. The summed E-state index contributed by atoms with van der Waals surface area (Å²) in [4.78, 5) is 17.4. The summed E-state index contributed by atoms with van der Waals surface area (Å²) in [5.74, 6) is 0. The van der Waals surface area contributed by atoms with Gasteiger partial charge in [-0.1, -0.05) is 37.3 Å². The number of ether oxygens (including phenoxy) is 1. The molecule has 0 aliphatic carbocycles. The number of nitrogens with zero attached hydrogens (tertiary/aromatic N) is 1. The number of rotatable bonds is 5. The number of hydrogen-bond acceptors (Lipinski definition) is 4.